The van der Waals surface area contributed by atoms with Gasteiger partial charge in [-0.2, -0.15) is 0 Å². The van der Waals surface area contributed by atoms with Gasteiger partial charge in [-0.15, -0.1) is 0 Å². The first-order chi connectivity index (χ1) is 19.5. The topological polar surface area (TPSA) is 86.8 Å². The van der Waals surface area contributed by atoms with Crippen LogP contribution >= 0.6 is 34.8 Å². The first-order valence-electron chi connectivity index (χ1n) is 13.3. The Morgan fingerprint density at radius 1 is 0.902 bits per heavy atom. The first kappa shape index (κ1) is 31.2. The van der Waals surface area contributed by atoms with Gasteiger partial charge in [0.1, 0.15) is 12.6 Å². The lowest BCUT2D eigenvalue weighted by Gasteiger charge is -2.34. The molecule has 0 aromatic heterocycles. The largest absolute Gasteiger partial charge is 0.352 e. The minimum Gasteiger partial charge on any atom is -0.352 e. The molecular formula is C30H32Cl3N3O4S. The molecule has 0 radical (unpaired) electrons. The van der Waals surface area contributed by atoms with Crippen molar-refractivity contribution in [1.82, 2.24) is 10.2 Å². The summed E-state index contributed by atoms with van der Waals surface area (Å²) in [5.41, 5.74) is 1.68. The summed E-state index contributed by atoms with van der Waals surface area (Å²) in [6.07, 6.45) is 5.06. The molecule has 41 heavy (non-hydrogen) atoms. The van der Waals surface area contributed by atoms with Gasteiger partial charge in [-0.3, -0.25) is 13.9 Å². The second-order valence-electron chi connectivity index (χ2n) is 10.2. The average Bonchev–Trinajstić information content (AvgIpc) is 3.44. The lowest BCUT2D eigenvalue weighted by molar-refractivity contribution is -0.140. The molecule has 1 fully saturated rings. The molecule has 2 amide bonds. The van der Waals surface area contributed by atoms with Crippen LogP contribution in [0, 0.1) is 0 Å². The molecular weight excluding hydrogens is 605 g/mol. The third-order valence-electron chi connectivity index (χ3n) is 7.14. The predicted octanol–water partition coefficient (Wildman–Crippen LogP) is 6.11. The summed E-state index contributed by atoms with van der Waals surface area (Å²) < 4.78 is 26.8. The molecule has 0 saturated heterocycles. The zero-order valence-corrected chi connectivity index (χ0v) is 25.7. The minimum absolute atomic E-state index is 0.00701. The van der Waals surface area contributed by atoms with Crippen LogP contribution in [0.1, 0.15) is 36.8 Å². The Hall–Kier alpha value is -2.78. The van der Waals surface area contributed by atoms with E-state index in [1.54, 1.807) is 24.3 Å². The average molecular weight is 637 g/mol. The standard InChI is InChI=1S/C30H32Cl3N3O4S/c1-41(39,40)36(24-15-16-26(32)27(33)18-24)20-29(37)35(19-22-11-5-8-14-25(22)31)28(17-21-9-3-2-4-10-21)30(38)34-23-12-6-7-13-23/h2-5,8-11,14-16,18,23,28H,6-7,12-13,17,19-20H2,1H3,(H,34,38)/t28-/m0/s1. The van der Waals surface area contributed by atoms with Gasteiger partial charge in [-0.05, 0) is 48.2 Å². The zero-order valence-electron chi connectivity index (χ0n) is 22.6. The highest BCUT2D eigenvalue weighted by Crippen LogP contribution is 2.29. The molecule has 0 aliphatic heterocycles. The summed E-state index contributed by atoms with van der Waals surface area (Å²) in [4.78, 5) is 29.4. The highest BCUT2D eigenvalue weighted by atomic mass is 35.5. The molecule has 1 N–H and O–H groups in total. The smallest absolute Gasteiger partial charge is 0.244 e. The first-order valence-corrected chi connectivity index (χ1v) is 16.3. The van der Waals surface area contributed by atoms with Crippen molar-refractivity contribution in [3.8, 4) is 0 Å². The van der Waals surface area contributed by atoms with Crippen LogP contribution < -0.4 is 9.62 Å². The maximum absolute atomic E-state index is 14.2. The van der Waals surface area contributed by atoms with Crippen molar-refractivity contribution in [3.05, 3.63) is 99.0 Å². The highest BCUT2D eigenvalue weighted by Gasteiger charge is 2.34. The second kappa shape index (κ2) is 13.9. The van der Waals surface area contributed by atoms with Gasteiger partial charge in [0.2, 0.25) is 21.8 Å². The molecule has 4 rings (SSSR count). The van der Waals surface area contributed by atoms with Gasteiger partial charge in [0.05, 0.1) is 22.0 Å². The van der Waals surface area contributed by atoms with Crippen molar-refractivity contribution < 1.29 is 18.0 Å². The molecule has 0 heterocycles. The molecule has 1 atom stereocenters. The van der Waals surface area contributed by atoms with Crippen molar-refractivity contribution in [3.63, 3.8) is 0 Å². The Bertz CT molecular complexity index is 1480. The van der Waals surface area contributed by atoms with E-state index in [1.165, 1.54) is 23.1 Å². The van der Waals surface area contributed by atoms with Gasteiger partial charge in [-0.1, -0.05) is 96.2 Å². The van der Waals surface area contributed by atoms with Crippen LogP contribution in [0.3, 0.4) is 0 Å². The third kappa shape index (κ3) is 8.38. The lowest BCUT2D eigenvalue weighted by Crippen LogP contribution is -2.54. The van der Waals surface area contributed by atoms with E-state index in [0.29, 0.717) is 10.6 Å². The van der Waals surface area contributed by atoms with Gasteiger partial charge >= 0.3 is 0 Å². The van der Waals surface area contributed by atoms with Crippen molar-refractivity contribution in [2.45, 2.75) is 50.7 Å². The van der Waals surface area contributed by atoms with Crippen LogP contribution in [-0.2, 0) is 32.6 Å². The fourth-order valence-corrected chi connectivity index (χ4v) is 6.31. The number of amides is 2. The van der Waals surface area contributed by atoms with Crippen molar-refractivity contribution in [2.24, 2.45) is 0 Å². The Kier molecular flexibility index (Phi) is 10.6. The molecule has 0 bridgehead atoms. The minimum atomic E-state index is -3.92. The number of carbonyl (C=O) groups is 2. The van der Waals surface area contributed by atoms with Crippen LogP contribution in [-0.4, -0.2) is 50.0 Å². The van der Waals surface area contributed by atoms with E-state index in [1.807, 2.05) is 30.3 Å². The van der Waals surface area contributed by atoms with Gasteiger partial charge < -0.3 is 10.2 Å². The third-order valence-corrected chi connectivity index (χ3v) is 9.39. The monoisotopic (exact) mass is 635 g/mol. The van der Waals surface area contributed by atoms with Gasteiger partial charge in [0.25, 0.3) is 0 Å². The maximum Gasteiger partial charge on any atom is 0.244 e. The van der Waals surface area contributed by atoms with Gasteiger partial charge in [0, 0.05) is 24.0 Å². The summed E-state index contributed by atoms with van der Waals surface area (Å²) in [5, 5.41) is 3.97. The molecule has 0 spiro atoms. The van der Waals surface area contributed by atoms with E-state index in [2.05, 4.69) is 5.32 Å². The molecule has 3 aromatic rings. The van der Waals surface area contributed by atoms with Crippen LogP contribution in [0.5, 0.6) is 0 Å². The normalized spacial score (nSPS) is 14.4. The summed E-state index contributed by atoms with van der Waals surface area (Å²) >= 11 is 18.7. The number of carbonyl (C=O) groups excluding carboxylic acids is 2. The quantitative estimate of drug-likeness (QED) is 0.275. The number of benzene rings is 3. The number of hydrogen-bond donors (Lipinski definition) is 1. The Balaban J connectivity index is 1.74. The van der Waals surface area contributed by atoms with E-state index in [-0.39, 0.29) is 40.6 Å². The molecule has 3 aromatic carbocycles. The lowest BCUT2D eigenvalue weighted by atomic mass is 10.0. The van der Waals surface area contributed by atoms with Crippen LogP contribution in [0.2, 0.25) is 15.1 Å². The predicted molar refractivity (Wildman–Crippen MR) is 165 cm³/mol. The summed E-state index contributed by atoms with van der Waals surface area (Å²) in [6.45, 7) is -0.545. The second-order valence-corrected chi connectivity index (χ2v) is 13.3. The molecule has 1 aliphatic rings. The van der Waals surface area contributed by atoms with Crippen molar-refractivity contribution in [2.75, 3.05) is 17.1 Å². The van der Waals surface area contributed by atoms with Gasteiger partial charge in [0.15, 0.2) is 0 Å². The van der Waals surface area contributed by atoms with Crippen LogP contribution in [0.15, 0.2) is 72.8 Å². The molecule has 218 valence electrons. The van der Waals surface area contributed by atoms with E-state index in [0.717, 1.165) is 41.8 Å². The SMILES string of the molecule is CS(=O)(=O)N(CC(=O)N(Cc1ccccc1Cl)[C@@H](Cc1ccccc1)C(=O)NC1CCCC1)c1ccc(Cl)c(Cl)c1. The fraction of sp³-hybridized carbons (Fsp3) is 0.333. The van der Waals surface area contributed by atoms with Crippen molar-refractivity contribution >= 4 is 62.3 Å². The number of anilines is 1. The Morgan fingerprint density at radius 2 is 1.56 bits per heavy atom. The van der Waals surface area contributed by atoms with E-state index in [4.69, 9.17) is 34.8 Å². The Morgan fingerprint density at radius 3 is 2.20 bits per heavy atom. The summed E-state index contributed by atoms with van der Waals surface area (Å²) in [7, 11) is -3.92. The molecule has 0 unspecified atom stereocenters. The number of hydrogen-bond acceptors (Lipinski definition) is 4. The van der Waals surface area contributed by atoms with Crippen LogP contribution in [0.4, 0.5) is 5.69 Å². The van der Waals surface area contributed by atoms with Crippen molar-refractivity contribution in [1.29, 1.82) is 0 Å². The van der Waals surface area contributed by atoms with E-state index in [9.17, 15) is 18.0 Å². The fourth-order valence-electron chi connectivity index (χ4n) is 4.99. The number of sulfonamides is 1. The summed E-state index contributed by atoms with van der Waals surface area (Å²) in [5.74, 6) is -0.856. The molecule has 1 aliphatic carbocycles. The summed E-state index contributed by atoms with van der Waals surface area (Å²) in [6, 6.07) is 19.9. The van der Waals surface area contributed by atoms with E-state index < -0.39 is 28.5 Å². The molecule has 7 nitrogen and oxygen atoms in total. The number of halogens is 3. The van der Waals surface area contributed by atoms with Crippen LogP contribution in [0.25, 0.3) is 0 Å². The molecule has 1 saturated carbocycles. The van der Waals surface area contributed by atoms with E-state index >= 15 is 0 Å². The number of nitrogens with one attached hydrogen (secondary N) is 1. The highest BCUT2D eigenvalue weighted by molar-refractivity contribution is 7.92. The number of rotatable bonds is 11. The Labute approximate surface area is 256 Å². The molecule has 11 heteroatoms. The van der Waals surface area contributed by atoms with Gasteiger partial charge in [-0.25, -0.2) is 8.42 Å². The maximum atomic E-state index is 14.2. The zero-order chi connectivity index (χ0) is 29.6. The number of nitrogens with zero attached hydrogens (tertiary/aromatic N) is 2.